The molecule has 1 aliphatic rings. The van der Waals surface area contributed by atoms with Crippen molar-refractivity contribution >= 4 is 5.69 Å². The fourth-order valence-corrected chi connectivity index (χ4v) is 1.60. The molecule has 1 aromatic rings. The number of rotatable bonds is 1. The second-order valence-corrected chi connectivity index (χ2v) is 3.33. The standard InChI is InChI=1S/C10H13FN2O/c11-10-7(2-1-3-8(10)12)9-6-14-5-4-13-9/h1-3,9,13H,4-6,12H2/t9-/m0/s1. The molecule has 1 atom stereocenters. The fraction of sp³-hybridized carbons (Fsp3) is 0.400. The number of hydrogen-bond donors (Lipinski definition) is 2. The van der Waals surface area contributed by atoms with E-state index in [4.69, 9.17) is 10.5 Å². The van der Waals surface area contributed by atoms with Gasteiger partial charge in [0.05, 0.1) is 24.9 Å². The van der Waals surface area contributed by atoms with Gasteiger partial charge in [-0.05, 0) is 6.07 Å². The minimum absolute atomic E-state index is 0.0766. The van der Waals surface area contributed by atoms with Gasteiger partial charge in [-0.3, -0.25) is 0 Å². The Morgan fingerprint density at radius 3 is 3.07 bits per heavy atom. The van der Waals surface area contributed by atoms with Crippen molar-refractivity contribution in [1.29, 1.82) is 0 Å². The largest absolute Gasteiger partial charge is 0.396 e. The van der Waals surface area contributed by atoms with Gasteiger partial charge >= 0.3 is 0 Å². The second-order valence-electron chi connectivity index (χ2n) is 3.33. The molecule has 14 heavy (non-hydrogen) atoms. The van der Waals surface area contributed by atoms with Crippen molar-refractivity contribution in [2.45, 2.75) is 6.04 Å². The van der Waals surface area contributed by atoms with E-state index in [0.717, 1.165) is 6.54 Å². The van der Waals surface area contributed by atoms with Crippen molar-refractivity contribution in [3.05, 3.63) is 29.6 Å². The van der Waals surface area contributed by atoms with E-state index in [1.165, 1.54) is 0 Å². The molecule has 0 saturated carbocycles. The first kappa shape index (κ1) is 9.43. The van der Waals surface area contributed by atoms with Gasteiger partial charge in [-0.15, -0.1) is 0 Å². The lowest BCUT2D eigenvalue weighted by molar-refractivity contribution is 0.0758. The summed E-state index contributed by atoms with van der Waals surface area (Å²) in [6, 6.07) is 4.97. The number of morpholine rings is 1. The summed E-state index contributed by atoms with van der Waals surface area (Å²) in [5, 5.41) is 3.18. The van der Waals surface area contributed by atoms with Crippen LogP contribution in [0.1, 0.15) is 11.6 Å². The maximum absolute atomic E-state index is 13.6. The summed E-state index contributed by atoms with van der Waals surface area (Å²) in [5.74, 6) is -0.337. The van der Waals surface area contributed by atoms with Crippen LogP contribution in [0.3, 0.4) is 0 Å². The lowest BCUT2D eigenvalue weighted by atomic mass is 10.1. The van der Waals surface area contributed by atoms with Gasteiger partial charge < -0.3 is 15.8 Å². The van der Waals surface area contributed by atoms with Gasteiger partial charge in [0.15, 0.2) is 5.82 Å². The highest BCUT2D eigenvalue weighted by atomic mass is 19.1. The Hall–Kier alpha value is -1.13. The average Bonchev–Trinajstić information content (AvgIpc) is 2.23. The van der Waals surface area contributed by atoms with Gasteiger partial charge in [-0.25, -0.2) is 4.39 Å². The molecular formula is C10H13FN2O. The predicted octanol–water partition coefficient (Wildman–Crippen LogP) is 1.07. The Morgan fingerprint density at radius 2 is 2.36 bits per heavy atom. The van der Waals surface area contributed by atoms with E-state index in [9.17, 15) is 4.39 Å². The van der Waals surface area contributed by atoms with Crippen LogP contribution in [-0.4, -0.2) is 19.8 Å². The topological polar surface area (TPSA) is 47.3 Å². The predicted molar refractivity (Wildman–Crippen MR) is 52.4 cm³/mol. The Bertz CT molecular complexity index is 324. The third kappa shape index (κ3) is 1.71. The number of anilines is 1. The average molecular weight is 196 g/mol. The third-order valence-electron chi connectivity index (χ3n) is 2.36. The minimum atomic E-state index is -0.337. The summed E-state index contributed by atoms with van der Waals surface area (Å²) in [6.07, 6.45) is 0. The van der Waals surface area contributed by atoms with Gasteiger partial charge in [0.1, 0.15) is 0 Å². The van der Waals surface area contributed by atoms with Crippen LogP contribution >= 0.6 is 0 Å². The zero-order valence-corrected chi connectivity index (χ0v) is 7.79. The lowest BCUT2D eigenvalue weighted by Gasteiger charge is -2.24. The molecule has 1 aliphatic heterocycles. The molecule has 1 heterocycles. The molecule has 0 radical (unpaired) electrons. The highest BCUT2D eigenvalue weighted by molar-refractivity contribution is 5.44. The van der Waals surface area contributed by atoms with E-state index >= 15 is 0 Å². The van der Waals surface area contributed by atoms with Crippen molar-refractivity contribution in [3.63, 3.8) is 0 Å². The lowest BCUT2D eigenvalue weighted by Crippen LogP contribution is -2.35. The van der Waals surface area contributed by atoms with Gasteiger partial charge in [0, 0.05) is 12.1 Å². The highest BCUT2D eigenvalue weighted by Crippen LogP contribution is 2.22. The first-order valence-electron chi connectivity index (χ1n) is 4.64. The maximum atomic E-state index is 13.6. The summed E-state index contributed by atoms with van der Waals surface area (Å²) in [6.45, 7) is 1.93. The molecule has 76 valence electrons. The van der Waals surface area contributed by atoms with Crippen LogP contribution in [0.5, 0.6) is 0 Å². The van der Waals surface area contributed by atoms with Crippen LogP contribution in [0.25, 0.3) is 0 Å². The van der Waals surface area contributed by atoms with E-state index in [-0.39, 0.29) is 17.5 Å². The molecule has 0 unspecified atom stereocenters. The number of benzene rings is 1. The summed E-state index contributed by atoms with van der Waals surface area (Å²) in [5.41, 5.74) is 6.26. The van der Waals surface area contributed by atoms with Crippen LogP contribution in [0, 0.1) is 5.82 Å². The Kier molecular flexibility index (Phi) is 2.65. The molecule has 1 saturated heterocycles. The summed E-state index contributed by atoms with van der Waals surface area (Å²) < 4.78 is 18.8. The maximum Gasteiger partial charge on any atom is 0.150 e. The van der Waals surface area contributed by atoms with Gasteiger partial charge in [-0.2, -0.15) is 0 Å². The van der Waals surface area contributed by atoms with E-state index in [0.29, 0.717) is 18.8 Å². The van der Waals surface area contributed by atoms with Crippen molar-refractivity contribution in [2.75, 3.05) is 25.5 Å². The van der Waals surface area contributed by atoms with Gasteiger partial charge in [0.25, 0.3) is 0 Å². The second kappa shape index (κ2) is 3.94. The molecule has 3 N–H and O–H groups in total. The molecule has 0 spiro atoms. The Balaban J connectivity index is 2.26. The molecule has 0 aromatic heterocycles. The minimum Gasteiger partial charge on any atom is -0.396 e. The molecule has 0 amide bonds. The smallest absolute Gasteiger partial charge is 0.150 e. The van der Waals surface area contributed by atoms with Crippen molar-refractivity contribution in [2.24, 2.45) is 0 Å². The number of ether oxygens (including phenoxy) is 1. The number of halogens is 1. The molecule has 1 aromatic carbocycles. The summed E-state index contributed by atoms with van der Waals surface area (Å²) >= 11 is 0. The Labute approximate surface area is 82.1 Å². The summed E-state index contributed by atoms with van der Waals surface area (Å²) in [4.78, 5) is 0. The zero-order valence-electron chi connectivity index (χ0n) is 7.79. The van der Waals surface area contributed by atoms with Crippen LogP contribution in [0.15, 0.2) is 18.2 Å². The number of nitrogens with one attached hydrogen (secondary N) is 1. The van der Waals surface area contributed by atoms with Crippen LogP contribution in [0.2, 0.25) is 0 Å². The SMILES string of the molecule is Nc1cccc([C@@H]2COCCN2)c1F. The van der Waals surface area contributed by atoms with Crippen molar-refractivity contribution in [1.82, 2.24) is 5.32 Å². The molecule has 0 aliphatic carbocycles. The molecular weight excluding hydrogens is 183 g/mol. The highest BCUT2D eigenvalue weighted by Gasteiger charge is 2.19. The normalized spacial score (nSPS) is 22.2. The van der Waals surface area contributed by atoms with Crippen LogP contribution < -0.4 is 11.1 Å². The molecule has 3 nitrogen and oxygen atoms in total. The van der Waals surface area contributed by atoms with Gasteiger partial charge in [0.2, 0.25) is 0 Å². The Morgan fingerprint density at radius 1 is 1.50 bits per heavy atom. The number of nitrogens with two attached hydrogens (primary N) is 1. The van der Waals surface area contributed by atoms with Crippen LogP contribution in [-0.2, 0) is 4.74 Å². The van der Waals surface area contributed by atoms with E-state index in [1.54, 1.807) is 18.2 Å². The molecule has 0 bridgehead atoms. The third-order valence-corrected chi connectivity index (χ3v) is 2.36. The zero-order chi connectivity index (χ0) is 9.97. The van der Waals surface area contributed by atoms with E-state index in [2.05, 4.69) is 5.32 Å². The molecule has 2 rings (SSSR count). The number of hydrogen-bond acceptors (Lipinski definition) is 3. The van der Waals surface area contributed by atoms with Gasteiger partial charge in [-0.1, -0.05) is 12.1 Å². The van der Waals surface area contributed by atoms with Crippen molar-refractivity contribution < 1.29 is 9.13 Å². The first-order chi connectivity index (χ1) is 6.79. The van der Waals surface area contributed by atoms with E-state index < -0.39 is 0 Å². The molecule has 4 heteroatoms. The fourth-order valence-electron chi connectivity index (χ4n) is 1.60. The van der Waals surface area contributed by atoms with E-state index in [1.807, 2.05) is 0 Å². The number of nitrogen functional groups attached to an aromatic ring is 1. The molecule has 1 fully saturated rings. The van der Waals surface area contributed by atoms with Crippen LogP contribution in [0.4, 0.5) is 10.1 Å². The first-order valence-corrected chi connectivity index (χ1v) is 4.64. The van der Waals surface area contributed by atoms with Crippen molar-refractivity contribution in [3.8, 4) is 0 Å². The monoisotopic (exact) mass is 196 g/mol. The quantitative estimate of drug-likeness (QED) is 0.660. The summed E-state index contributed by atoms with van der Waals surface area (Å²) in [7, 11) is 0.